The SMILES string of the molecule is Cl.NOC1CC(NC(=O)c2cccc(OS(=O)(=O)F)c2)C1. The molecule has 21 heavy (non-hydrogen) atoms. The van der Waals surface area contributed by atoms with Crippen molar-refractivity contribution in [2.24, 2.45) is 5.90 Å². The number of amides is 1. The summed E-state index contributed by atoms with van der Waals surface area (Å²) in [6, 6.07) is 5.17. The first-order chi connectivity index (χ1) is 9.37. The molecule has 0 heterocycles. The van der Waals surface area contributed by atoms with Crippen LogP contribution in [0.1, 0.15) is 23.2 Å². The van der Waals surface area contributed by atoms with E-state index in [0.29, 0.717) is 12.8 Å². The molecule has 0 atom stereocenters. The number of nitrogens with one attached hydrogen (secondary N) is 1. The third kappa shape index (κ3) is 5.12. The smallest absolute Gasteiger partial charge is 0.358 e. The van der Waals surface area contributed by atoms with Crippen LogP contribution in [0, 0.1) is 0 Å². The van der Waals surface area contributed by atoms with Crippen molar-refractivity contribution in [3.63, 3.8) is 0 Å². The molecule has 0 bridgehead atoms. The first-order valence-corrected chi connectivity index (χ1v) is 7.09. The lowest BCUT2D eigenvalue weighted by atomic mass is 9.89. The van der Waals surface area contributed by atoms with E-state index in [9.17, 15) is 17.1 Å². The van der Waals surface area contributed by atoms with Gasteiger partial charge in [-0.2, -0.15) is 8.42 Å². The van der Waals surface area contributed by atoms with Gasteiger partial charge in [0.05, 0.1) is 6.10 Å². The number of nitrogens with two attached hydrogens (primary N) is 1. The lowest BCUT2D eigenvalue weighted by molar-refractivity contribution is -0.0165. The Hall–Kier alpha value is -1.42. The summed E-state index contributed by atoms with van der Waals surface area (Å²) in [4.78, 5) is 16.5. The number of carbonyl (C=O) groups is 1. The molecule has 0 saturated heterocycles. The number of halogens is 2. The van der Waals surface area contributed by atoms with E-state index in [0.717, 1.165) is 6.07 Å². The Balaban J connectivity index is 0.00000220. The van der Waals surface area contributed by atoms with E-state index in [-0.39, 0.29) is 35.9 Å². The number of hydrogen-bond donors (Lipinski definition) is 2. The normalized spacial score (nSPS) is 20.9. The predicted molar refractivity (Wildman–Crippen MR) is 73.9 cm³/mol. The van der Waals surface area contributed by atoms with Crippen molar-refractivity contribution >= 4 is 28.8 Å². The largest absolute Gasteiger partial charge is 0.488 e. The Labute approximate surface area is 127 Å². The molecule has 0 aromatic heterocycles. The van der Waals surface area contributed by atoms with Crippen LogP contribution in [-0.2, 0) is 15.3 Å². The molecular formula is C11H14ClFN2O5S. The maximum Gasteiger partial charge on any atom is 0.488 e. The monoisotopic (exact) mass is 340 g/mol. The van der Waals surface area contributed by atoms with Gasteiger partial charge >= 0.3 is 10.5 Å². The van der Waals surface area contributed by atoms with Crippen LogP contribution in [-0.4, -0.2) is 26.5 Å². The molecule has 0 radical (unpaired) electrons. The van der Waals surface area contributed by atoms with Crippen LogP contribution in [0.5, 0.6) is 5.75 Å². The molecule has 1 fully saturated rings. The standard InChI is InChI=1S/C11H13FN2O5S.ClH/c12-20(16,17)19-9-3-1-2-7(4-9)11(15)14-8-5-10(6-8)18-13;/h1-4,8,10H,5-6,13H2,(H,14,15);1H. The summed E-state index contributed by atoms with van der Waals surface area (Å²) in [7, 11) is -5.11. The summed E-state index contributed by atoms with van der Waals surface area (Å²) in [6.07, 6.45) is 1.15. The van der Waals surface area contributed by atoms with E-state index in [4.69, 9.17) is 5.90 Å². The first-order valence-electron chi connectivity index (χ1n) is 5.78. The second kappa shape index (κ2) is 7.03. The molecule has 118 valence electrons. The van der Waals surface area contributed by atoms with Crippen LogP contribution in [0.3, 0.4) is 0 Å². The van der Waals surface area contributed by atoms with E-state index < -0.39 is 16.4 Å². The molecule has 3 N–H and O–H groups in total. The summed E-state index contributed by atoms with van der Waals surface area (Å²) in [6.45, 7) is 0. The Morgan fingerprint density at radius 2 is 2.05 bits per heavy atom. The van der Waals surface area contributed by atoms with Crippen molar-refractivity contribution < 1.29 is 26.1 Å². The molecule has 1 amide bonds. The van der Waals surface area contributed by atoms with Crippen LogP contribution >= 0.6 is 12.4 Å². The average Bonchev–Trinajstić information content (AvgIpc) is 2.31. The number of benzene rings is 1. The summed E-state index contributed by atoms with van der Waals surface area (Å²) >= 11 is 0. The Kier molecular flexibility index (Phi) is 5.90. The molecule has 1 aromatic rings. The Morgan fingerprint density at radius 3 is 2.62 bits per heavy atom. The maximum atomic E-state index is 12.4. The highest BCUT2D eigenvalue weighted by Crippen LogP contribution is 2.23. The fraction of sp³-hybridized carbons (Fsp3) is 0.364. The third-order valence-electron chi connectivity index (χ3n) is 2.91. The van der Waals surface area contributed by atoms with Crippen molar-refractivity contribution in [3.8, 4) is 5.75 Å². The topological polar surface area (TPSA) is 108 Å². The molecule has 0 aliphatic heterocycles. The number of hydrogen-bond acceptors (Lipinski definition) is 6. The Morgan fingerprint density at radius 1 is 1.38 bits per heavy atom. The van der Waals surface area contributed by atoms with Crippen LogP contribution < -0.4 is 15.4 Å². The maximum absolute atomic E-state index is 12.4. The zero-order valence-corrected chi connectivity index (χ0v) is 12.3. The lowest BCUT2D eigenvalue weighted by Gasteiger charge is -2.33. The van der Waals surface area contributed by atoms with Crippen LogP contribution in [0.2, 0.25) is 0 Å². The second-order valence-electron chi connectivity index (χ2n) is 4.40. The van der Waals surface area contributed by atoms with Gasteiger partial charge in [-0.3, -0.25) is 4.79 Å². The summed E-state index contributed by atoms with van der Waals surface area (Å²) < 4.78 is 37.2. The minimum atomic E-state index is -5.11. The van der Waals surface area contributed by atoms with E-state index in [1.807, 2.05) is 0 Å². The second-order valence-corrected chi connectivity index (χ2v) is 5.36. The fourth-order valence-electron chi connectivity index (χ4n) is 1.87. The van der Waals surface area contributed by atoms with Crippen molar-refractivity contribution in [1.29, 1.82) is 0 Å². The minimum Gasteiger partial charge on any atom is -0.358 e. The van der Waals surface area contributed by atoms with Gasteiger partial charge in [-0.05, 0) is 31.0 Å². The summed E-state index contributed by atoms with van der Waals surface area (Å²) in [5.41, 5.74) is 0.170. The minimum absolute atomic E-state index is 0. The molecule has 0 unspecified atom stereocenters. The van der Waals surface area contributed by atoms with Gasteiger partial charge < -0.3 is 14.3 Å². The van der Waals surface area contributed by atoms with Gasteiger partial charge in [-0.25, -0.2) is 5.90 Å². The van der Waals surface area contributed by atoms with Gasteiger partial charge in [0, 0.05) is 11.6 Å². The predicted octanol–water partition coefficient (Wildman–Crippen LogP) is 0.853. The van der Waals surface area contributed by atoms with Gasteiger partial charge in [0.2, 0.25) is 0 Å². The van der Waals surface area contributed by atoms with Crippen LogP contribution in [0.25, 0.3) is 0 Å². The van der Waals surface area contributed by atoms with E-state index in [1.165, 1.54) is 18.2 Å². The van der Waals surface area contributed by atoms with Gasteiger partial charge in [0.25, 0.3) is 5.91 Å². The molecule has 0 spiro atoms. The molecule has 1 aromatic carbocycles. The molecule has 1 aliphatic carbocycles. The van der Waals surface area contributed by atoms with E-state index >= 15 is 0 Å². The number of rotatable bonds is 5. The highest BCUT2D eigenvalue weighted by molar-refractivity contribution is 7.81. The van der Waals surface area contributed by atoms with Crippen molar-refractivity contribution in [3.05, 3.63) is 29.8 Å². The highest BCUT2D eigenvalue weighted by Gasteiger charge is 2.31. The van der Waals surface area contributed by atoms with Gasteiger partial charge in [-0.15, -0.1) is 12.4 Å². The van der Waals surface area contributed by atoms with E-state index in [1.54, 1.807) is 0 Å². The first kappa shape index (κ1) is 17.6. The molecule has 2 rings (SSSR count). The van der Waals surface area contributed by atoms with Crippen LogP contribution in [0.4, 0.5) is 3.89 Å². The molecule has 1 saturated carbocycles. The third-order valence-corrected chi connectivity index (χ3v) is 3.31. The lowest BCUT2D eigenvalue weighted by Crippen LogP contribution is -2.48. The zero-order chi connectivity index (χ0) is 14.8. The Bertz CT molecular complexity index is 606. The molecule has 10 heteroatoms. The molecule has 1 aliphatic rings. The van der Waals surface area contributed by atoms with Crippen LogP contribution in [0.15, 0.2) is 24.3 Å². The van der Waals surface area contributed by atoms with Gasteiger partial charge in [0.1, 0.15) is 5.75 Å². The van der Waals surface area contributed by atoms with Gasteiger partial charge in [-0.1, -0.05) is 9.95 Å². The highest BCUT2D eigenvalue weighted by atomic mass is 35.5. The quantitative estimate of drug-likeness (QED) is 0.608. The number of carbonyl (C=O) groups excluding carboxylic acids is 1. The van der Waals surface area contributed by atoms with Gasteiger partial charge in [0.15, 0.2) is 0 Å². The average molecular weight is 341 g/mol. The van der Waals surface area contributed by atoms with Crippen molar-refractivity contribution in [1.82, 2.24) is 5.32 Å². The fourth-order valence-corrected chi connectivity index (χ4v) is 2.20. The zero-order valence-electron chi connectivity index (χ0n) is 10.7. The molecular weight excluding hydrogens is 327 g/mol. The molecule has 7 nitrogen and oxygen atoms in total. The van der Waals surface area contributed by atoms with E-state index in [2.05, 4.69) is 14.3 Å². The van der Waals surface area contributed by atoms with Crippen molar-refractivity contribution in [2.75, 3.05) is 0 Å². The van der Waals surface area contributed by atoms with Crippen molar-refractivity contribution in [2.45, 2.75) is 25.0 Å². The summed E-state index contributed by atoms with van der Waals surface area (Å²) in [5.74, 6) is 4.32. The summed E-state index contributed by atoms with van der Waals surface area (Å²) in [5, 5.41) is 2.71.